The maximum absolute atomic E-state index is 13.8. The van der Waals surface area contributed by atoms with Crippen molar-refractivity contribution in [1.29, 1.82) is 0 Å². The number of ether oxygens (including phenoxy) is 1. The number of carbonyl (C=O) groups is 2. The van der Waals surface area contributed by atoms with E-state index in [1.165, 1.54) is 30.7 Å². The summed E-state index contributed by atoms with van der Waals surface area (Å²) in [5.41, 5.74) is 6.57. The van der Waals surface area contributed by atoms with Crippen molar-refractivity contribution in [1.82, 2.24) is 0 Å². The van der Waals surface area contributed by atoms with Crippen molar-refractivity contribution in [3.05, 3.63) is 95.6 Å². The Labute approximate surface area is 227 Å². The van der Waals surface area contributed by atoms with Gasteiger partial charge >= 0.3 is 5.97 Å². The second-order valence-electron chi connectivity index (χ2n) is 11.2. The summed E-state index contributed by atoms with van der Waals surface area (Å²) < 4.78 is 4.72. The van der Waals surface area contributed by atoms with Crippen molar-refractivity contribution >= 4 is 23.6 Å². The first-order chi connectivity index (χ1) is 18.2. The molecule has 0 radical (unpaired) electrons. The fourth-order valence-corrected chi connectivity index (χ4v) is 5.04. The Kier molecular flexibility index (Phi) is 8.83. The monoisotopic (exact) mass is 509 g/mol. The number of anilines is 1. The topological polar surface area (TPSA) is 46.6 Å². The predicted octanol–water partition coefficient (Wildman–Crippen LogP) is 7.95. The van der Waals surface area contributed by atoms with Gasteiger partial charge in [-0.3, -0.25) is 4.79 Å². The van der Waals surface area contributed by atoms with Crippen LogP contribution in [0.3, 0.4) is 0 Å². The number of hydrogen-bond acceptors (Lipinski definition) is 3. The minimum absolute atomic E-state index is 0.0543. The zero-order valence-electron chi connectivity index (χ0n) is 23.1. The fourth-order valence-electron chi connectivity index (χ4n) is 5.04. The smallest absolute Gasteiger partial charge is 0.330 e. The van der Waals surface area contributed by atoms with Crippen molar-refractivity contribution < 1.29 is 14.3 Å². The van der Waals surface area contributed by atoms with Crippen LogP contribution in [0.5, 0.6) is 0 Å². The Morgan fingerprint density at radius 3 is 2.13 bits per heavy atom. The first kappa shape index (κ1) is 27.4. The quantitative estimate of drug-likeness (QED) is 0.240. The van der Waals surface area contributed by atoms with E-state index in [1.807, 2.05) is 29.2 Å². The molecule has 38 heavy (non-hydrogen) atoms. The minimum Gasteiger partial charge on any atom is -0.466 e. The van der Waals surface area contributed by atoms with E-state index in [0.29, 0.717) is 6.54 Å². The summed E-state index contributed by atoms with van der Waals surface area (Å²) in [5, 5.41) is 0. The fraction of sp³-hybridized carbons (Fsp3) is 0.353. The Hall–Kier alpha value is -3.66. The molecular weight excluding hydrogens is 470 g/mol. The third-order valence-electron chi connectivity index (χ3n) is 7.39. The molecule has 1 fully saturated rings. The molecule has 4 nitrogen and oxygen atoms in total. The molecule has 0 atom stereocenters. The van der Waals surface area contributed by atoms with E-state index in [9.17, 15) is 9.59 Å². The zero-order valence-corrected chi connectivity index (χ0v) is 23.1. The van der Waals surface area contributed by atoms with Gasteiger partial charge in [-0.15, -0.1) is 0 Å². The van der Waals surface area contributed by atoms with Gasteiger partial charge in [0.2, 0.25) is 5.91 Å². The number of rotatable bonds is 7. The Morgan fingerprint density at radius 1 is 0.895 bits per heavy atom. The molecule has 0 saturated heterocycles. The van der Waals surface area contributed by atoms with Crippen LogP contribution in [0.1, 0.15) is 69.6 Å². The Bertz CT molecular complexity index is 1260. The van der Waals surface area contributed by atoms with Crippen LogP contribution in [0.4, 0.5) is 5.69 Å². The standard InChI is InChI=1S/C34H39NO3/c1-34(2,3)30-20-18-28(19-21-30)27-16-13-26(14-17-27)24-35(33(37)29-10-6-5-7-11-29)31-12-8-9-25(23-31)15-22-32(36)38-4/h8-9,12-23,29H,5-7,10-11,24H2,1-4H3/b22-15+. The van der Waals surface area contributed by atoms with Crippen LogP contribution < -0.4 is 4.90 Å². The molecule has 1 saturated carbocycles. The molecule has 1 aliphatic rings. The van der Waals surface area contributed by atoms with Crippen molar-refractivity contribution in [3.63, 3.8) is 0 Å². The summed E-state index contributed by atoms with van der Waals surface area (Å²) in [6.45, 7) is 7.18. The molecule has 0 aliphatic heterocycles. The lowest BCUT2D eigenvalue weighted by Gasteiger charge is -2.30. The van der Waals surface area contributed by atoms with Gasteiger partial charge in [-0.1, -0.05) is 101 Å². The van der Waals surface area contributed by atoms with Crippen LogP contribution in [0.25, 0.3) is 17.2 Å². The molecule has 1 amide bonds. The SMILES string of the molecule is COC(=O)/C=C/c1cccc(N(Cc2ccc(-c3ccc(C(C)(C)C)cc3)cc2)C(=O)C2CCCCC2)c1. The zero-order chi connectivity index (χ0) is 27.1. The number of amides is 1. The summed E-state index contributed by atoms with van der Waals surface area (Å²) >= 11 is 0. The third-order valence-corrected chi connectivity index (χ3v) is 7.39. The highest BCUT2D eigenvalue weighted by atomic mass is 16.5. The second-order valence-corrected chi connectivity index (χ2v) is 11.2. The molecular formula is C34H39NO3. The van der Waals surface area contributed by atoms with E-state index in [4.69, 9.17) is 4.74 Å². The highest BCUT2D eigenvalue weighted by Crippen LogP contribution is 2.30. The van der Waals surface area contributed by atoms with Crippen LogP contribution in [-0.2, 0) is 26.3 Å². The molecule has 198 valence electrons. The Morgan fingerprint density at radius 2 is 1.53 bits per heavy atom. The van der Waals surface area contributed by atoms with Gasteiger partial charge in [-0.2, -0.15) is 0 Å². The number of hydrogen-bond donors (Lipinski definition) is 0. The first-order valence-corrected chi connectivity index (χ1v) is 13.6. The molecule has 3 aromatic carbocycles. The molecule has 0 spiro atoms. The average molecular weight is 510 g/mol. The van der Waals surface area contributed by atoms with Crippen LogP contribution in [-0.4, -0.2) is 19.0 Å². The number of benzene rings is 3. The lowest BCUT2D eigenvalue weighted by atomic mass is 9.86. The second kappa shape index (κ2) is 12.3. The highest BCUT2D eigenvalue weighted by Gasteiger charge is 2.27. The van der Waals surface area contributed by atoms with Crippen LogP contribution in [0.15, 0.2) is 78.9 Å². The normalized spacial score (nSPS) is 14.4. The molecule has 0 unspecified atom stereocenters. The summed E-state index contributed by atoms with van der Waals surface area (Å²) in [6.07, 6.45) is 8.43. The van der Waals surface area contributed by atoms with Crippen LogP contribution in [0, 0.1) is 5.92 Å². The van der Waals surface area contributed by atoms with E-state index in [2.05, 4.69) is 69.3 Å². The molecule has 3 aromatic rings. The van der Waals surface area contributed by atoms with Crippen LogP contribution in [0.2, 0.25) is 0 Å². The largest absolute Gasteiger partial charge is 0.466 e. The maximum atomic E-state index is 13.8. The van der Waals surface area contributed by atoms with Crippen molar-refractivity contribution in [2.45, 2.75) is 64.8 Å². The Balaban J connectivity index is 1.58. The lowest BCUT2D eigenvalue weighted by molar-refractivity contribution is -0.134. The van der Waals surface area contributed by atoms with Crippen LogP contribution >= 0.6 is 0 Å². The van der Waals surface area contributed by atoms with E-state index in [-0.39, 0.29) is 17.2 Å². The average Bonchev–Trinajstić information content (AvgIpc) is 2.95. The molecule has 1 aliphatic carbocycles. The summed E-state index contributed by atoms with van der Waals surface area (Å²) in [5.74, 6) is -0.169. The molecule has 0 aromatic heterocycles. The van der Waals surface area contributed by atoms with Gasteiger partial charge < -0.3 is 9.64 Å². The number of esters is 1. The number of nitrogens with zero attached hydrogens (tertiary/aromatic N) is 1. The minimum atomic E-state index is -0.404. The van der Waals surface area contributed by atoms with Crippen molar-refractivity contribution in [2.24, 2.45) is 5.92 Å². The summed E-state index contributed by atoms with van der Waals surface area (Å²) in [7, 11) is 1.36. The molecule has 0 heterocycles. The number of carbonyl (C=O) groups excluding carboxylic acids is 2. The van der Waals surface area contributed by atoms with Crippen molar-refractivity contribution in [2.75, 3.05) is 12.0 Å². The van der Waals surface area contributed by atoms with Gasteiger partial charge in [-0.25, -0.2) is 4.79 Å². The molecule has 4 rings (SSSR count). The highest BCUT2D eigenvalue weighted by molar-refractivity contribution is 5.95. The summed E-state index contributed by atoms with van der Waals surface area (Å²) in [4.78, 5) is 27.3. The van der Waals surface area contributed by atoms with Gasteiger partial charge in [0.15, 0.2) is 0 Å². The van der Waals surface area contributed by atoms with Crippen molar-refractivity contribution in [3.8, 4) is 11.1 Å². The molecule has 0 bridgehead atoms. The van der Waals surface area contributed by atoms with Gasteiger partial charge in [-0.05, 0) is 64.3 Å². The third kappa shape index (κ3) is 7.00. The molecule has 4 heteroatoms. The van der Waals surface area contributed by atoms with E-state index < -0.39 is 5.97 Å². The summed E-state index contributed by atoms with van der Waals surface area (Å²) in [6, 6.07) is 25.1. The van der Waals surface area contributed by atoms with E-state index >= 15 is 0 Å². The number of methoxy groups -OCH3 is 1. The predicted molar refractivity (Wildman–Crippen MR) is 156 cm³/mol. The van der Waals surface area contributed by atoms with Gasteiger partial charge in [0, 0.05) is 17.7 Å². The van der Waals surface area contributed by atoms with Gasteiger partial charge in [0.1, 0.15) is 0 Å². The van der Waals surface area contributed by atoms with E-state index in [0.717, 1.165) is 48.1 Å². The van der Waals surface area contributed by atoms with Gasteiger partial charge in [0.05, 0.1) is 13.7 Å². The first-order valence-electron chi connectivity index (χ1n) is 13.6. The lowest BCUT2D eigenvalue weighted by Crippen LogP contribution is -2.36. The van der Waals surface area contributed by atoms with E-state index in [1.54, 1.807) is 6.08 Å². The maximum Gasteiger partial charge on any atom is 0.330 e. The molecule has 0 N–H and O–H groups in total. The van der Waals surface area contributed by atoms with Gasteiger partial charge in [0.25, 0.3) is 0 Å².